The zero-order valence-corrected chi connectivity index (χ0v) is 12.0. The fourth-order valence-electron chi connectivity index (χ4n) is 1.96. The summed E-state index contributed by atoms with van der Waals surface area (Å²) in [4.78, 5) is 2.33. The van der Waals surface area contributed by atoms with Crippen molar-refractivity contribution in [3.63, 3.8) is 0 Å². The van der Waals surface area contributed by atoms with Crippen molar-refractivity contribution in [3.05, 3.63) is 36.7 Å². The zero-order chi connectivity index (χ0) is 13.1. The number of hydrogen-bond acceptors (Lipinski definition) is 1. The van der Waals surface area contributed by atoms with Crippen molar-refractivity contribution in [1.82, 2.24) is 4.90 Å². The minimum Gasteiger partial charge on any atom is -0.346 e. The van der Waals surface area contributed by atoms with E-state index in [2.05, 4.69) is 44.9 Å². The van der Waals surface area contributed by atoms with Crippen LogP contribution in [0.25, 0.3) is 0 Å². The molecule has 0 heterocycles. The Hall–Kier alpha value is -0.980. The van der Waals surface area contributed by atoms with Gasteiger partial charge < -0.3 is 4.90 Å². The molecule has 1 heteroatoms. The Morgan fingerprint density at radius 1 is 1.12 bits per heavy atom. The molecule has 0 atom stereocenters. The molecule has 0 rings (SSSR count). The van der Waals surface area contributed by atoms with Crippen molar-refractivity contribution in [2.75, 3.05) is 6.54 Å². The lowest BCUT2D eigenvalue weighted by Gasteiger charge is -2.27. The maximum Gasteiger partial charge on any atom is 0.0329 e. The second-order valence-electron chi connectivity index (χ2n) is 4.37. The number of allylic oxidation sites excluding steroid dienone is 3. The van der Waals surface area contributed by atoms with Crippen LogP contribution < -0.4 is 0 Å². The van der Waals surface area contributed by atoms with Gasteiger partial charge in [0.2, 0.25) is 0 Å². The molecule has 0 aromatic rings. The van der Waals surface area contributed by atoms with Gasteiger partial charge in [-0.1, -0.05) is 59.3 Å². The number of hydrogen-bond donors (Lipinski definition) is 0. The monoisotopic (exact) mass is 235 g/mol. The third-order valence-electron chi connectivity index (χ3n) is 2.97. The van der Waals surface area contributed by atoms with Gasteiger partial charge in [-0.2, -0.15) is 0 Å². The van der Waals surface area contributed by atoms with Crippen LogP contribution in [0.4, 0.5) is 0 Å². The van der Waals surface area contributed by atoms with Crippen LogP contribution >= 0.6 is 0 Å². The molecule has 0 amide bonds. The van der Waals surface area contributed by atoms with Gasteiger partial charge in [0.05, 0.1) is 0 Å². The van der Waals surface area contributed by atoms with Gasteiger partial charge >= 0.3 is 0 Å². The lowest BCUT2D eigenvalue weighted by atomic mass is 10.1. The summed E-state index contributed by atoms with van der Waals surface area (Å²) in [5.74, 6) is 0. The van der Waals surface area contributed by atoms with Gasteiger partial charge in [0.25, 0.3) is 0 Å². The minimum atomic E-state index is 1.03. The molecule has 0 radical (unpaired) electrons. The second kappa shape index (κ2) is 10.2. The molecular formula is C16H29N. The molecule has 0 aliphatic rings. The van der Waals surface area contributed by atoms with Crippen LogP contribution in [0.3, 0.4) is 0 Å². The maximum atomic E-state index is 4.09. The molecule has 17 heavy (non-hydrogen) atoms. The van der Waals surface area contributed by atoms with Crippen LogP contribution in [-0.2, 0) is 0 Å². The predicted molar refractivity (Wildman–Crippen MR) is 78.9 cm³/mol. The lowest BCUT2D eigenvalue weighted by molar-refractivity contribution is 0.406. The average Bonchev–Trinajstić information content (AvgIpc) is 2.36. The summed E-state index contributed by atoms with van der Waals surface area (Å²) in [6.07, 6.45) is 11.5. The molecular weight excluding hydrogens is 206 g/mol. The predicted octanol–water partition coefficient (Wildman–Crippen LogP) is 5.27. The quantitative estimate of drug-likeness (QED) is 0.368. The first-order valence-electron chi connectivity index (χ1n) is 6.99. The normalized spacial score (nSPS) is 11.4. The van der Waals surface area contributed by atoms with Crippen molar-refractivity contribution in [2.45, 2.75) is 59.3 Å². The molecule has 0 saturated heterocycles. The fraction of sp³-hybridized carbons (Fsp3) is 0.625. The van der Waals surface area contributed by atoms with E-state index in [1.807, 2.05) is 6.08 Å². The highest BCUT2D eigenvalue weighted by Gasteiger charge is 2.08. The van der Waals surface area contributed by atoms with Crippen molar-refractivity contribution in [1.29, 1.82) is 0 Å². The Labute approximate surface area is 108 Å². The molecule has 0 aliphatic carbocycles. The molecule has 0 aromatic carbocycles. The fourth-order valence-corrected chi connectivity index (χ4v) is 1.96. The van der Waals surface area contributed by atoms with Crippen molar-refractivity contribution >= 4 is 0 Å². The first-order valence-corrected chi connectivity index (χ1v) is 6.99. The largest absolute Gasteiger partial charge is 0.346 e. The molecule has 0 aromatic heterocycles. The lowest BCUT2D eigenvalue weighted by Crippen LogP contribution is -2.22. The molecule has 0 fully saturated rings. The van der Waals surface area contributed by atoms with E-state index in [1.54, 1.807) is 0 Å². The van der Waals surface area contributed by atoms with Crippen molar-refractivity contribution in [2.24, 2.45) is 0 Å². The Morgan fingerprint density at radius 3 is 2.29 bits per heavy atom. The number of nitrogens with zero attached hydrogens (tertiary/aromatic N) is 1. The zero-order valence-electron chi connectivity index (χ0n) is 12.0. The van der Waals surface area contributed by atoms with Gasteiger partial charge in [0, 0.05) is 17.9 Å². The van der Waals surface area contributed by atoms with E-state index in [4.69, 9.17) is 0 Å². The summed E-state index contributed by atoms with van der Waals surface area (Å²) in [5.41, 5.74) is 2.41. The number of rotatable bonds is 10. The standard InChI is InChI=1S/C16H29N/c1-6-10-11-12-14-17(15(5)8-3)16(9-4)13-7-2/h8,13H,3,5-7,9-12,14H2,1-2,4H3/b16-13+. The second-order valence-corrected chi connectivity index (χ2v) is 4.37. The molecule has 0 unspecified atom stereocenters. The van der Waals surface area contributed by atoms with Gasteiger partial charge in [-0.3, -0.25) is 0 Å². The molecule has 0 spiro atoms. The van der Waals surface area contributed by atoms with Gasteiger partial charge in [-0.15, -0.1) is 0 Å². The topological polar surface area (TPSA) is 3.24 Å². The third-order valence-corrected chi connectivity index (χ3v) is 2.97. The molecule has 0 N–H and O–H groups in total. The molecule has 98 valence electrons. The summed E-state index contributed by atoms with van der Waals surface area (Å²) in [6, 6.07) is 0. The van der Waals surface area contributed by atoms with Gasteiger partial charge in [-0.25, -0.2) is 0 Å². The average molecular weight is 235 g/mol. The highest BCUT2D eigenvalue weighted by Crippen LogP contribution is 2.18. The third kappa shape index (κ3) is 6.35. The molecule has 0 bridgehead atoms. The van der Waals surface area contributed by atoms with Gasteiger partial charge in [0.15, 0.2) is 0 Å². The van der Waals surface area contributed by atoms with Crippen LogP contribution in [0.1, 0.15) is 59.3 Å². The van der Waals surface area contributed by atoms with E-state index >= 15 is 0 Å². The SMILES string of the molecule is C=CC(=C)N(CCCCCC)/C(=C/CC)CC. The highest BCUT2D eigenvalue weighted by molar-refractivity contribution is 5.18. The van der Waals surface area contributed by atoms with Crippen LogP contribution in [0.5, 0.6) is 0 Å². The van der Waals surface area contributed by atoms with E-state index in [0.29, 0.717) is 0 Å². The minimum absolute atomic E-state index is 1.03. The van der Waals surface area contributed by atoms with Crippen LogP contribution in [-0.4, -0.2) is 11.4 Å². The summed E-state index contributed by atoms with van der Waals surface area (Å²) in [6.45, 7) is 15.6. The van der Waals surface area contributed by atoms with Crippen molar-refractivity contribution in [3.8, 4) is 0 Å². The summed E-state index contributed by atoms with van der Waals surface area (Å²) < 4.78 is 0. The molecule has 0 aliphatic heterocycles. The van der Waals surface area contributed by atoms with E-state index < -0.39 is 0 Å². The van der Waals surface area contributed by atoms with Crippen LogP contribution in [0, 0.1) is 0 Å². The summed E-state index contributed by atoms with van der Waals surface area (Å²) >= 11 is 0. The Balaban J connectivity index is 4.47. The number of unbranched alkanes of at least 4 members (excludes halogenated alkanes) is 3. The van der Waals surface area contributed by atoms with Crippen LogP contribution in [0.2, 0.25) is 0 Å². The first kappa shape index (κ1) is 16.0. The van der Waals surface area contributed by atoms with E-state index in [9.17, 15) is 0 Å². The van der Waals surface area contributed by atoms with E-state index in [0.717, 1.165) is 25.1 Å². The molecule has 0 saturated carbocycles. The van der Waals surface area contributed by atoms with E-state index in [1.165, 1.54) is 31.4 Å². The van der Waals surface area contributed by atoms with E-state index in [-0.39, 0.29) is 0 Å². The summed E-state index contributed by atoms with van der Waals surface area (Å²) in [7, 11) is 0. The van der Waals surface area contributed by atoms with Crippen LogP contribution in [0.15, 0.2) is 36.7 Å². The Bertz CT molecular complexity index is 250. The van der Waals surface area contributed by atoms with Gasteiger partial charge in [-0.05, 0) is 25.3 Å². The molecule has 1 nitrogen and oxygen atoms in total. The Morgan fingerprint density at radius 2 is 1.82 bits per heavy atom. The van der Waals surface area contributed by atoms with Crippen molar-refractivity contribution < 1.29 is 0 Å². The smallest absolute Gasteiger partial charge is 0.0329 e. The van der Waals surface area contributed by atoms with Gasteiger partial charge in [0.1, 0.15) is 0 Å². The first-order chi connectivity index (χ1) is 8.21. The summed E-state index contributed by atoms with van der Waals surface area (Å²) in [5, 5.41) is 0. The Kier molecular flexibility index (Phi) is 9.60. The maximum absolute atomic E-state index is 4.09. The highest BCUT2D eigenvalue weighted by atomic mass is 15.1.